The number of carbonyl (C=O) groups excluding carboxylic acids is 1. The number of benzene rings is 4. The molecule has 6 nitrogen and oxygen atoms in total. The molecule has 250 valence electrons. The summed E-state index contributed by atoms with van der Waals surface area (Å²) < 4.78 is 4.98. The molecule has 0 atom stereocenters. The van der Waals surface area contributed by atoms with Crippen LogP contribution in [0.4, 0.5) is 0 Å². The molecule has 9 rings (SSSR count). The van der Waals surface area contributed by atoms with Gasteiger partial charge in [-0.3, -0.25) is 4.98 Å². The average Bonchev–Trinajstić information content (AvgIpc) is 4.04. The summed E-state index contributed by atoms with van der Waals surface area (Å²) >= 11 is 0. The van der Waals surface area contributed by atoms with Crippen LogP contribution >= 0.6 is 0 Å². The van der Waals surface area contributed by atoms with Crippen LogP contribution in [0.2, 0.25) is 0 Å². The van der Waals surface area contributed by atoms with Gasteiger partial charge in [0, 0.05) is 47.3 Å². The molecule has 0 radical (unpaired) electrons. The first-order valence-electron chi connectivity index (χ1n) is 17.1. The molecule has 4 aromatic carbocycles. The Morgan fingerprint density at radius 3 is 1.40 bits per heavy atom. The number of hydrogen-bond acceptors (Lipinski definition) is 4. The van der Waals surface area contributed by atoms with E-state index in [1.165, 1.54) is 7.11 Å². The minimum Gasteiger partial charge on any atom is -0.465 e. The van der Waals surface area contributed by atoms with Crippen LogP contribution in [0.3, 0.4) is 0 Å². The first-order valence-corrected chi connectivity index (χ1v) is 17.1. The van der Waals surface area contributed by atoms with E-state index >= 15 is 0 Å². The summed E-state index contributed by atoms with van der Waals surface area (Å²) in [6.07, 6.45) is 8.30. The number of fused-ring (bicyclic) bond motifs is 8. The van der Waals surface area contributed by atoms with Crippen LogP contribution in [0.15, 0.2) is 133 Å². The molecule has 3 aromatic heterocycles. The van der Waals surface area contributed by atoms with E-state index in [9.17, 15) is 4.79 Å². The number of aromatic amines is 2. The average molecular weight is 737 g/mol. The van der Waals surface area contributed by atoms with Crippen molar-refractivity contribution in [3.05, 3.63) is 168 Å². The fraction of sp³-hybridized carbons (Fsp3) is 0.0217. The van der Waals surface area contributed by atoms with Gasteiger partial charge in [-0.05, 0) is 70.8 Å². The van der Waals surface area contributed by atoms with Crippen molar-refractivity contribution < 1.29 is 29.0 Å². The Morgan fingerprint density at radius 1 is 0.509 bits per heavy atom. The molecule has 7 aromatic rings. The van der Waals surface area contributed by atoms with Crippen LogP contribution in [0.25, 0.3) is 90.9 Å². The van der Waals surface area contributed by atoms with Crippen molar-refractivity contribution in [2.24, 2.45) is 0 Å². The number of ether oxygens (including phenoxy) is 1. The number of methoxy groups -OCH3 is 1. The van der Waals surface area contributed by atoms with E-state index in [1.807, 2.05) is 60.7 Å². The van der Waals surface area contributed by atoms with E-state index in [-0.39, 0.29) is 25.4 Å². The van der Waals surface area contributed by atoms with Gasteiger partial charge in [0.2, 0.25) is 0 Å². The number of H-pyrrole nitrogens is 2. The second kappa shape index (κ2) is 14.3. The fourth-order valence-electron chi connectivity index (χ4n) is 7.04. The van der Waals surface area contributed by atoms with Crippen molar-refractivity contribution in [2.45, 2.75) is 0 Å². The molecule has 2 N–H and O–H groups in total. The van der Waals surface area contributed by atoms with Crippen LogP contribution < -0.4 is 0 Å². The summed E-state index contributed by atoms with van der Waals surface area (Å²) in [7, 11) is 1.39. The zero-order chi connectivity index (χ0) is 35.0. The van der Waals surface area contributed by atoms with Crippen molar-refractivity contribution in [1.82, 2.24) is 19.9 Å². The van der Waals surface area contributed by atoms with Gasteiger partial charge in [-0.15, -0.1) is 0 Å². The zero-order valence-electron chi connectivity index (χ0n) is 28.9. The quantitative estimate of drug-likeness (QED) is 0.105. The molecule has 0 unspecified atom stereocenters. The molecule has 0 saturated carbocycles. The molecule has 5 heterocycles. The van der Waals surface area contributed by atoms with Gasteiger partial charge in [0.25, 0.3) is 0 Å². The van der Waals surface area contributed by atoms with Gasteiger partial charge in [-0.1, -0.05) is 125 Å². The summed E-state index contributed by atoms with van der Waals surface area (Å²) in [5.74, 6) is -0.387. The molecule has 7 heteroatoms. The number of nitrogens with one attached hydrogen (secondary N) is 2. The van der Waals surface area contributed by atoms with Gasteiger partial charge >= 0.3 is 5.97 Å². The molecule has 0 spiro atoms. The monoisotopic (exact) mass is 735 g/mol. The summed E-state index contributed by atoms with van der Waals surface area (Å²) in [5, 5.41) is 0. The molecule has 0 amide bonds. The molecular formula is C46H31N4O2Zn-. The Bertz CT molecular complexity index is 2680. The number of hydrogen-bond donors (Lipinski definition) is 2. The Kier molecular flexibility index (Phi) is 9.09. The van der Waals surface area contributed by atoms with Crippen molar-refractivity contribution >= 4 is 52.3 Å². The normalized spacial score (nSPS) is 11.6. The number of esters is 1. The molecule has 0 aliphatic carbocycles. The first kappa shape index (κ1) is 33.7. The molecule has 2 aliphatic rings. The van der Waals surface area contributed by atoms with Gasteiger partial charge in [0.1, 0.15) is 0 Å². The van der Waals surface area contributed by atoms with Gasteiger partial charge in [-0.25, -0.2) is 9.78 Å². The summed E-state index contributed by atoms with van der Waals surface area (Å²) in [6, 6.07) is 48.2. The second-order valence-corrected chi connectivity index (χ2v) is 12.6. The summed E-state index contributed by atoms with van der Waals surface area (Å²) in [5.41, 5.74) is 15.1. The van der Waals surface area contributed by atoms with Crippen molar-refractivity contribution in [3.63, 3.8) is 0 Å². The van der Waals surface area contributed by atoms with E-state index < -0.39 is 0 Å². The first-order chi connectivity index (χ1) is 25.6. The standard InChI is InChI=1S/C46H31N4O2.Zn/c1-52-46(51)33-19-17-32(18-20-33)45-40-27-25-38(49-40)43(30-13-7-3-8-14-30)36-23-21-34(47-36)42(29-11-5-2-6-12-29)35-22-24-37(48-35)44(31-15-9-4-10-16-31)39-26-28-41(45)50-39;/h2-25,27-28,47,50H,1H3;/q-1;. The van der Waals surface area contributed by atoms with Crippen molar-refractivity contribution in [2.75, 3.05) is 7.11 Å². The number of aromatic nitrogens is 4. The topological polar surface area (TPSA) is 83.7 Å². The third kappa shape index (κ3) is 6.26. The molecule has 2 aliphatic heterocycles. The number of nitrogens with zero attached hydrogens (tertiary/aromatic N) is 2. The Morgan fingerprint density at radius 2 is 0.925 bits per heavy atom. The smallest absolute Gasteiger partial charge is 0.337 e. The van der Waals surface area contributed by atoms with Crippen LogP contribution in [0.5, 0.6) is 0 Å². The maximum atomic E-state index is 12.3. The third-order valence-electron chi connectivity index (χ3n) is 9.45. The van der Waals surface area contributed by atoms with Gasteiger partial charge in [-0.2, -0.15) is 12.1 Å². The van der Waals surface area contributed by atoms with Gasteiger partial charge in [0.05, 0.1) is 29.8 Å². The SMILES string of the molecule is COC(=O)c1ccc(-c2c3nc(c(-c4ccccc4)c4ccc([nH]4)c(-c4ccccc4)c4nc(c(-c5ccccc5)c5[c-]cc2[nH]5)C=C4)C=C3)cc1.[Zn]. The predicted molar refractivity (Wildman–Crippen MR) is 211 cm³/mol. The largest absolute Gasteiger partial charge is 0.465 e. The van der Waals surface area contributed by atoms with E-state index in [0.717, 1.165) is 89.4 Å². The Balaban J connectivity index is 0.00000400. The number of carbonyl (C=O) groups is 1. The number of rotatable bonds is 5. The Labute approximate surface area is 319 Å². The van der Waals surface area contributed by atoms with Gasteiger partial charge in [0.15, 0.2) is 0 Å². The van der Waals surface area contributed by atoms with Crippen LogP contribution in [0.1, 0.15) is 33.1 Å². The molecule has 8 bridgehead atoms. The van der Waals surface area contributed by atoms with Crippen LogP contribution in [0, 0.1) is 6.07 Å². The van der Waals surface area contributed by atoms with Crippen molar-refractivity contribution in [1.29, 1.82) is 0 Å². The molecule has 0 saturated heterocycles. The summed E-state index contributed by atoms with van der Waals surface area (Å²) in [4.78, 5) is 30.5. The molecule has 0 fully saturated rings. The molecular weight excluding hydrogens is 706 g/mol. The van der Waals surface area contributed by atoms with Gasteiger partial charge < -0.3 is 14.7 Å². The predicted octanol–water partition coefficient (Wildman–Crippen LogP) is 10.9. The van der Waals surface area contributed by atoms with Crippen molar-refractivity contribution in [3.8, 4) is 44.5 Å². The minimum absolute atomic E-state index is 0. The molecule has 53 heavy (non-hydrogen) atoms. The van der Waals surface area contributed by atoms with E-state index in [4.69, 9.17) is 14.7 Å². The van der Waals surface area contributed by atoms with E-state index in [0.29, 0.717) is 5.56 Å². The van der Waals surface area contributed by atoms with Crippen LogP contribution in [-0.2, 0) is 24.2 Å². The van der Waals surface area contributed by atoms with Crippen LogP contribution in [-0.4, -0.2) is 33.0 Å². The maximum absolute atomic E-state index is 12.3. The Hall–Kier alpha value is -6.43. The third-order valence-corrected chi connectivity index (χ3v) is 9.45. The summed E-state index contributed by atoms with van der Waals surface area (Å²) in [6.45, 7) is 0. The zero-order valence-corrected chi connectivity index (χ0v) is 31.9. The van der Waals surface area contributed by atoms with E-state index in [2.05, 4.69) is 101 Å². The maximum Gasteiger partial charge on any atom is 0.337 e. The van der Waals surface area contributed by atoms with E-state index in [1.54, 1.807) is 12.1 Å². The fourth-order valence-corrected chi connectivity index (χ4v) is 7.04. The second-order valence-electron chi connectivity index (χ2n) is 12.6. The minimum atomic E-state index is -0.387.